The molecular formula is C16H13Cl2N3O2. The Morgan fingerprint density at radius 2 is 1.96 bits per heavy atom. The van der Waals surface area contributed by atoms with Gasteiger partial charge in [0.1, 0.15) is 0 Å². The highest BCUT2D eigenvalue weighted by atomic mass is 35.5. The Balaban J connectivity index is 2.12. The first-order chi connectivity index (χ1) is 11.0. The van der Waals surface area contributed by atoms with Crippen molar-refractivity contribution in [2.75, 3.05) is 5.32 Å². The van der Waals surface area contributed by atoms with Crippen molar-refractivity contribution >= 4 is 51.8 Å². The van der Waals surface area contributed by atoms with Gasteiger partial charge in [-0.05, 0) is 37.3 Å². The highest BCUT2D eigenvalue weighted by Crippen LogP contribution is 2.33. The molecule has 0 saturated heterocycles. The molecule has 3 rings (SSSR count). The molecule has 0 radical (unpaired) electrons. The van der Waals surface area contributed by atoms with Crippen LogP contribution in [-0.4, -0.2) is 20.6 Å². The van der Waals surface area contributed by atoms with E-state index in [9.17, 15) is 4.79 Å². The van der Waals surface area contributed by atoms with Crippen LogP contribution in [0, 0.1) is 0 Å². The van der Waals surface area contributed by atoms with Gasteiger partial charge >= 0.3 is 5.97 Å². The van der Waals surface area contributed by atoms with Crippen molar-refractivity contribution in [3.05, 3.63) is 52.0 Å². The molecule has 0 fully saturated rings. The van der Waals surface area contributed by atoms with E-state index in [1.807, 2.05) is 11.5 Å². The van der Waals surface area contributed by atoms with Crippen LogP contribution in [0.2, 0.25) is 10.0 Å². The molecule has 7 heteroatoms. The topological polar surface area (TPSA) is 67.2 Å². The van der Waals surface area contributed by atoms with Gasteiger partial charge in [0, 0.05) is 6.54 Å². The number of rotatable bonds is 4. The summed E-state index contributed by atoms with van der Waals surface area (Å²) in [5, 5.41) is 13.2. The zero-order chi connectivity index (χ0) is 16.6. The Kier molecular flexibility index (Phi) is 4.15. The number of imidazole rings is 1. The maximum absolute atomic E-state index is 11.1. The number of aryl methyl sites for hydroxylation is 1. The minimum absolute atomic E-state index is 0.195. The van der Waals surface area contributed by atoms with Gasteiger partial charge in [-0.25, -0.2) is 9.78 Å². The molecule has 2 aromatic carbocycles. The van der Waals surface area contributed by atoms with E-state index < -0.39 is 5.97 Å². The van der Waals surface area contributed by atoms with Crippen molar-refractivity contribution in [1.82, 2.24) is 9.55 Å². The van der Waals surface area contributed by atoms with Gasteiger partial charge in [0.15, 0.2) is 0 Å². The van der Waals surface area contributed by atoms with Crippen LogP contribution < -0.4 is 5.32 Å². The quantitative estimate of drug-likeness (QED) is 0.709. The molecule has 0 amide bonds. The smallest absolute Gasteiger partial charge is 0.335 e. The first-order valence-electron chi connectivity index (χ1n) is 6.96. The molecule has 0 unspecified atom stereocenters. The van der Waals surface area contributed by atoms with Gasteiger partial charge in [0.2, 0.25) is 5.95 Å². The summed E-state index contributed by atoms with van der Waals surface area (Å²) in [6.45, 7) is 2.64. The van der Waals surface area contributed by atoms with Crippen LogP contribution in [0.25, 0.3) is 11.0 Å². The number of para-hydroxylation sites is 1. The Morgan fingerprint density at radius 1 is 1.26 bits per heavy atom. The Hall–Kier alpha value is -2.24. The first kappa shape index (κ1) is 15.6. The highest BCUT2D eigenvalue weighted by molar-refractivity contribution is 6.39. The van der Waals surface area contributed by atoms with Crippen molar-refractivity contribution < 1.29 is 9.90 Å². The number of aromatic nitrogens is 2. The molecule has 0 aliphatic rings. The Bertz CT molecular complexity index is 885. The van der Waals surface area contributed by atoms with E-state index >= 15 is 0 Å². The molecule has 0 saturated carbocycles. The normalized spacial score (nSPS) is 10.9. The molecule has 0 spiro atoms. The molecule has 5 nitrogen and oxygen atoms in total. The lowest BCUT2D eigenvalue weighted by atomic mass is 10.2. The molecule has 0 aliphatic carbocycles. The molecule has 2 N–H and O–H groups in total. The molecule has 1 aromatic heterocycles. The molecule has 118 valence electrons. The number of hydrogen-bond donors (Lipinski definition) is 2. The number of hydrogen-bond acceptors (Lipinski definition) is 3. The summed E-state index contributed by atoms with van der Waals surface area (Å²) in [4.78, 5) is 15.6. The summed E-state index contributed by atoms with van der Waals surface area (Å²) in [6, 6.07) is 10.1. The molecular weight excluding hydrogens is 337 g/mol. The second-order valence-corrected chi connectivity index (χ2v) is 5.72. The van der Waals surface area contributed by atoms with E-state index in [0.717, 1.165) is 5.52 Å². The predicted molar refractivity (Wildman–Crippen MR) is 92.1 cm³/mol. The van der Waals surface area contributed by atoms with Gasteiger partial charge in [-0.1, -0.05) is 29.3 Å². The minimum atomic E-state index is -0.985. The lowest BCUT2D eigenvalue weighted by Gasteiger charge is -2.11. The molecule has 0 atom stereocenters. The predicted octanol–water partition coefficient (Wildman–Crippen LogP) is 4.80. The van der Waals surface area contributed by atoms with Gasteiger partial charge in [0.25, 0.3) is 0 Å². The van der Waals surface area contributed by atoms with Crippen molar-refractivity contribution in [3.63, 3.8) is 0 Å². The van der Waals surface area contributed by atoms with Crippen LogP contribution in [0.4, 0.5) is 11.6 Å². The molecule has 1 heterocycles. The Labute approximate surface area is 142 Å². The van der Waals surface area contributed by atoms with Crippen LogP contribution in [-0.2, 0) is 6.54 Å². The molecule has 0 aliphatic heterocycles. The number of fused-ring (bicyclic) bond motifs is 1. The zero-order valence-corrected chi connectivity index (χ0v) is 13.7. The lowest BCUT2D eigenvalue weighted by Crippen LogP contribution is -2.03. The maximum atomic E-state index is 11.1. The second-order valence-electron chi connectivity index (χ2n) is 4.91. The summed E-state index contributed by atoms with van der Waals surface area (Å²) in [5.41, 5.74) is 2.19. The van der Waals surface area contributed by atoms with E-state index in [1.165, 1.54) is 0 Å². The largest absolute Gasteiger partial charge is 0.478 e. The summed E-state index contributed by atoms with van der Waals surface area (Å²) in [6.07, 6.45) is 0. The van der Waals surface area contributed by atoms with E-state index in [1.54, 1.807) is 36.4 Å². The van der Waals surface area contributed by atoms with Gasteiger partial charge in [0.05, 0.1) is 32.3 Å². The van der Waals surface area contributed by atoms with Crippen molar-refractivity contribution in [2.45, 2.75) is 13.5 Å². The number of aromatic carboxylic acids is 1. The lowest BCUT2D eigenvalue weighted by molar-refractivity contribution is 0.0697. The van der Waals surface area contributed by atoms with Gasteiger partial charge < -0.3 is 15.0 Å². The summed E-state index contributed by atoms with van der Waals surface area (Å²) in [5.74, 6) is -0.429. The van der Waals surface area contributed by atoms with Crippen LogP contribution in [0.3, 0.4) is 0 Å². The van der Waals surface area contributed by atoms with E-state index in [0.29, 0.717) is 33.7 Å². The fourth-order valence-corrected chi connectivity index (χ4v) is 2.90. The average molecular weight is 350 g/mol. The maximum Gasteiger partial charge on any atom is 0.335 e. The number of nitrogens with zero attached hydrogens (tertiary/aromatic N) is 2. The third kappa shape index (κ3) is 2.85. The third-order valence-corrected chi connectivity index (χ3v) is 4.14. The number of nitrogens with one attached hydrogen (secondary N) is 1. The highest BCUT2D eigenvalue weighted by Gasteiger charge is 2.14. The standard InChI is InChI=1S/C16H13Cl2N3O2/c1-2-21-13-7-6-9(15(22)23)8-12(13)19-16(21)20-14-10(17)4-3-5-11(14)18/h3-8H,2H2,1H3,(H,19,20)(H,22,23). The van der Waals surface area contributed by atoms with Crippen molar-refractivity contribution in [2.24, 2.45) is 0 Å². The number of carbonyl (C=O) groups is 1. The van der Waals surface area contributed by atoms with Crippen LogP contribution in [0.1, 0.15) is 17.3 Å². The van der Waals surface area contributed by atoms with E-state index in [2.05, 4.69) is 10.3 Å². The van der Waals surface area contributed by atoms with Crippen LogP contribution >= 0.6 is 23.2 Å². The minimum Gasteiger partial charge on any atom is -0.478 e. The second kappa shape index (κ2) is 6.10. The van der Waals surface area contributed by atoms with Gasteiger partial charge in [-0.2, -0.15) is 0 Å². The van der Waals surface area contributed by atoms with Crippen LogP contribution in [0.15, 0.2) is 36.4 Å². The number of carboxylic acids is 1. The van der Waals surface area contributed by atoms with Crippen molar-refractivity contribution in [1.29, 1.82) is 0 Å². The summed E-state index contributed by atoms with van der Waals surface area (Å²) >= 11 is 12.4. The van der Waals surface area contributed by atoms with E-state index in [-0.39, 0.29) is 5.56 Å². The average Bonchev–Trinajstić information content (AvgIpc) is 2.87. The summed E-state index contributed by atoms with van der Waals surface area (Å²) < 4.78 is 1.93. The zero-order valence-electron chi connectivity index (χ0n) is 12.2. The number of halogens is 2. The molecule has 3 aromatic rings. The van der Waals surface area contributed by atoms with Gasteiger partial charge in [-0.3, -0.25) is 0 Å². The molecule has 23 heavy (non-hydrogen) atoms. The Morgan fingerprint density at radius 3 is 2.57 bits per heavy atom. The third-order valence-electron chi connectivity index (χ3n) is 3.51. The first-order valence-corrected chi connectivity index (χ1v) is 7.71. The number of carboxylic acid groups (broad SMARTS) is 1. The van der Waals surface area contributed by atoms with Crippen LogP contribution in [0.5, 0.6) is 0 Å². The molecule has 0 bridgehead atoms. The summed E-state index contributed by atoms with van der Waals surface area (Å²) in [7, 11) is 0. The fourth-order valence-electron chi connectivity index (χ4n) is 2.41. The van der Waals surface area contributed by atoms with Gasteiger partial charge in [-0.15, -0.1) is 0 Å². The van der Waals surface area contributed by atoms with E-state index in [4.69, 9.17) is 28.3 Å². The van der Waals surface area contributed by atoms with Crippen molar-refractivity contribution in [3.8, 4) is 0 Å². The monoisotopic (exact) mass is 349 g/mol. The number of anilines is 2. The fraction of sp³-hybridized carbons (Fsp3) is 0.125. The number of benzene rings is 2. The SMILES string of the molecule is CCn1c(Nc2c(Cl)cccc2Cl)nc2cc(C(=O)O)ccc21.